The standard InChI is InChI=1S/C13H23N3S/c1-5-14-8-12-6-7-15-9-13(12)16(3)11(2)10-17-4/h6-7,9,11,14H,5,8,10H2,1-4H3. The van der Waals surface area contributed by atoms with Crippen LogP contribution in [-0.4, -0.2) is 36.6 Å². The van der Waals surface area contributed by atoms with E-state index >= 15 is 0 Å². The van der Waals surface area contributed by atoms with E-state index < -0.39 is 0 Å². The summed E-state index contributed by atoms with van der Waals surface area (Å²) in [6.07, 6.45) is 5.97. The van der Waals surface area contributed by atoms with Gasteiger partial charge in [-0.25, -0.2) is 0 Å². The van der Waals surface area contributed by atoms with Gasteiger partial charge in [0.05, 0.1) is 11.9 Å². The molecule has 0 aromatic carbocycles. The third-order valence-electron chi connectivity index (χ3n) is 2.90. The monoisotopic (exact) mass is 253 g/mol. The minimum atomic E-state index is 0.523. The quantitative estimate of drug-likeness (QED) is 0.807. The normalized spacial score (nSPS) is 12.5. The number of anilines is 1. The predicted octanol–water partition coefficient (Wildman–Crippen LogP) is 2.38. The van der Waals surface area contributed by atoms with Gasteiger partial charge in [0.25, 0.3) is 0 Å². The van der Waals surface area contributed by atoms with Gasteiger partial charge in [-0.1, -0.05) is 6.92 Å². The van der Waals surface area contributed by atoms with Gasteiger partial charge in [0, 0.05) is 31.6 Å². The van der Waals surface area contributed by atoms with Crippen molar-refractivity contribution in [2.24, 2.45) is 0 Å². The van der Waals surface area contributed by atoms with Crippen LogP contribution in [-0.2, 0) is 6.54 Å². The van der Waals surface area contributed by atoms with Gasteiger partial charge < -0.3 is 10.2 Å². The van der Waals surface area contributed by atoms with Crippen LogP contribution in [0.3, 0.4) is 0 Å². The van der Waals surface area contributed by atoms with Crippen molar-refractivity contribution >= 4 is 17.4 Å². The van der Waals surface area contributed by atoms with Gasteiger partial charge in [-0.15, -0.1) is 0 Å². The van der Waals surface area contributed by atoms with Gasteiger partial charge >= 0.3 is 0 Å². The lowest BCUT2D eigenvalue weighted by atomic mass is 10.2. The van der Waals surface area contributed by atoms with Gasteiger partial charge in [0.2, 0.25) is 0 Å². The molecule has 1 rings (SSSR count). The molecule has 0 saturated heterocycles. The Balaban J connectivity index is 2.80. The second-order valence-electron chi connectivity index (χ2n) is 4.20. The Kier molecular flexibility index (Phi) is 6.37. The lowest BCUT2D eigenvalue weighted by molar-refractivity contribution is 0.710. The maximum atomic E-state index is 4.24. The fraction of sp³-hybridized carbons (Fsp3) is 0.615. The van der Waals surface area contributed by atoms with Crippen LogP contribution in [0.1, 0.15) is 19.4 Å². The molecule has 3 nitrogen and oxygen atoms in total. The Morgan fingerprint density at radius 1 is 1.53 bits per heavy atom. The summed E-state index contributed by atoms with van der Waals surface area (Å²) in [4.78, 5) is 6.56. The maximum absolute atomic E-state index is 4.24. The SMILES string of the molecule is CCNCc1ccncc1N(C)C(C)CSC. The zero-order valence-corrected chi connectivity index (χ0v) is 12.0. The van der Waals surface area contributed by atoms with E-state index in [1.54, 1.807) is 0 Å². The number of pyridine rings is 1. The van der Waals surface area contributed by atoms with Gasteiger partial charge in [-0.3, -0.25) is 4.98 Å². The lowest BCUT2D eigenvalue weighted by Gasteiger charge is -2.28. The van der Waals surface area contributed by atoms with Crippen molar-refractivity contribution in [3.8, 4) is 0 Å². The number of rotatable bonds is 7. The average molecular weight is 253 g/mol. The molecule has 1 heterocycles. The van der Waals surface area contributed by atoms with Crippen LogP contribution in [0, 0.1) is 0 Å². The lowest BCUT2D eigenvalue weighted by Crippen LogP contribution is -2.32. The highest BCUT2D eigenvalue weighted by Gasteiger charge is 2.12. The molecule has 96 valence electrons. The Hall–Kier alpha value is -0.740. The molecular formula is C13H23N3S. The van der Waals surface area contributed by atoms with E-state index in [-0.39, 0.29) is 0 Å². The smallest absolute Gasteiger partial charge is 0.0598 e. The first-order valence-electron chi connectivity index (χ1n) is 6.06. The van der Waals surface area contributed by atoms with Crippen LogP contribution in [0.5, 0.6) is 0 Å². The number of hydrogen-bond acceptors (Lipinski definition) is 4. The summed E-state index contributed by atoms with van der Waals surface area (Å²) in [6, 6.07) is 2.62. The highest BCUT2D eigenvalue weighted by Crippen LogP contribution is 2.20. The Bertz CT molecular complexity index is 330. The van der Waals surface area contributed by atoms with E-state index in [4.69, 9.17) is 0 Å². The number of hydrogen-bond donors (Lipinski definition) is 1. The number of nitrogens with zero attached hydrogens (tertiary/aromatic N) is 2. The molecule has 0 aliphatic heterocycles. The molecular weight excluding hydrogens is 230 g/mol. The summed E-state index contributed by atoms with van der Waals surface area (Å²) >= 11 is 1.88. The molecule has 1 N–H and O–H groups in total. The summed E-state index contributed by atoms with van der Waals surface area (Å²) in [5.74, 6) is 1.13. The van der Waals surface area contributed by atoms with Crippen molar-refractivity contribution in [3.63, 3.8) is 0 Å². The number of thioether (sulfide) groups is 1. The Morgan fingerprint density at radius 3 is 2.94 bits per heavy atom. The summed E-state index contributed by atoms with van der Waals surface area (Å²) in [6.45, 7) is 6.28. The third kappa shape index (κ3) is 4.21. The van der Waals surface area contributed by atoms with Crippen LogP contribution >= 0.6 is 11.8 Å². The Labute approximate surface area is 109 Å². The average Bonchev–Trinajstić information content (AvgIpc) is 2.36. The highest BCUT2D eigenvalue weighted by molar-refractivity contribution is 7.98. The van der Waals surface area contributed by atoms with Crippen molar-refractivity contribution in [1.29, 1.82) is 0 Å². The minimum absolute atomic E-state index is 0.523. The molecule has 0 radical (unpaired) electrons. The molecule has 1 atom stereocenters. The van der Waals surface area contributed by atoms with Gasteiger partial charge in [0.1, 0.15) is 0 Å². The first-order chi connectivity index (χ1) is 8.20. The first-order valence-corrected chi connectivity index (χ1v) is 7.45. The molecule has 0 aliphatic carbocycles. The van der Waals surface area contributed by atoms with Gasteiger partial charge in [-0.05, 0) is 31.4 Å². The molecule has 1 aromatic heterocycles. The predicted molar refractivity (Wildman–Crippen MR) is 77.9 cm³/mol. The summed E-state index contributed by atoms with van der Waals surface area (Å²) < 4.78 is 0. The fourth-order valence-corrected chi connectivity index (χ4v) is 2.44. The highest BCUT2D eigenvalue weighted by atomic mass is 32.2. The second-order valence-corrected chi connectivity index (χ2v) is 5.11. The van der Waals surface area contributed by atoms with E-state index in [1.165, 1.54) is 11.3 Å². The van der Waals surface area contributed by atoms with E-state index in [2.05, 4.69) is 48.4 Å². The second kappa shape index (κ2) is 7.56. The molecule has 17 heavy (non-hydrogen) atoms. The molecule has 1 unspecified atom stereocenters. The van der Waals surface area contributed by atoms with Crippen LogP contribution in [0.2, 0.25) is 0 Å². The molecule has 1 aromatic rings. The minimum Gasteiger partial charge on any atom is -0.370 e. The zero-order chi connectivity index (χ0) is 12.7. The summed E-state index contributed by atoms with van der Waals surface area (Å²) in [5, 5.41) is 3.37. The van der Waals surface area contributed by atoms with Crippen molar-refractivity contribution in [2.75, 3.05) is 30.5 Å². The molecule has 0 bridgehead atoms. The van der Waals surface area contributed by atoms with E-state index in [1.807, 2.05) is 24.2 Å². The Morgan fingerprint density at radius 2 is 2.29 bits per heavy atom. The van der Waals surface area contributed by atoms with E-state index in [9.17, 15) is 0 Å². The molecule has 0 saturated carbocycles. The summed E-state index contributed by atoms with van der Waals surface area (Å²) in [7, 11) is 2.15. The van der Waals surface area contributed by atoms with Crippen LogP contribution < -0.4 is 10.2 Å². The van der Waals surface area contributed by atoms with Crippen molar-refractivity contribution in [1.82, 2.24) is 10.3 Å². The molecule has 0 fully saturated rings. The maximum Gasteiger partial charge on any atom is 0.0598 e. The number of aromatic nitrogens is 1. The molecule has 0 amide bonds. The molecule has 0 spiro atoms. The van der Waals surface area contributed by atoms with E-state index in [0.717, 1.165) is 18.8 Å². The number of nitrogens with one attached hydrogen (secondary N) is 1. The summed E-state index contributed by atoms with van der Waals surface area (Å²) in [5.41, 5.74) is 2.55. The van der Waals surface area contributed by atoms with Gasteiger partial charge in [0.15, 0.2) is 0 Å². The van der Waals surface area contributed by atoms with Crippen LogP contribution in [0.4, 0.5) is 5.69 Å². The molecule has 0 aliphatic rings. The topological polar surface area (TPSA) is 28.2 Å². The van der Waals surface area contributed by atoms with Crippen molar-refractivity contribution < 1.29 is 0 Å². The van der Waals surface area contributed by atoms with Crippen LogP contribution in [0.25, 0.3) is 0 Å². The zero-order valence-electron chi connectivity index (χ0n) is 11.2. The van der Waals surface area contributed by atoms with Crippen molar-refractivity contribution in [3.05, 3.63) is 24.0 Å². The third-order valence-corrected chi connectivity index (χ3v) is 3.72. The van der Waals surface area contributed by atoms with Gasteiger partial charge in [-0.2, -0.15) is 11.8 Å². The largest absolute Gasteiger partial charge is 0.370 e. The molecule has 4 heteroatoms. The van der Waals surface area contributed by atoms with Crippen LogP contribution in [0.15, 0.2) is 18.5 Å². The van der Waals surface area contributed by atoms with Crippen molar-refractivity contribution in [2.45, 2.75) is 26.4 Å². The first kappa shape index (κ1) is 14.3. The van der Waals surface area contributed by atoms with E-state index in [0.29, 0.717) is 6.04 Å². The fourth-order valence-electron chi connectivity index (χ4n) is 1.73.